The van der Waals surface area contributed by atoms with E-state index in [4.69, 9.17) is 0 Å². The number of hydrogen-bond acceptors (Lipinski definition) is 2. The van der Waals surface area contributed by atoms with Gasteiger partial charge in [0.15, 0.2) is 5.96 Å². The summed E-state index contributed by atoms with van der Waals surface area (Å²) in [5.41, 5.74) is 3.21. The van der Waals surface area contributed by atoms with E-state index in [1.165, 1.54) is 11.8 Å². The molecule has 0 amide bonds. The molecule has 2 N–H and O–H groups in total. The SMILES string of the molecule is CCNC(=NCCCn1nc(C)cc1C)NCCc1cccc(F)c1. The van der Waals surface area contributed by atoms with Crippen LogP contribution in [0.15, 0.2) is 35.3 Å². The van der Waals surface area contributed by atoms with Gasteiger partial charge < -0.3 is 10.6 Å². The summed E-state index contributed by atoms with van der Waals surface area (Å²) in [5, 5.41) is 11.0. The van der Waals surface area contributed by atoms with E-state index < -0.39 is 0 Å². The molecule has 1 aromatic carbocycles. The number of benzene rings is 1. The van der Waals surface area contributed by atoms with Gasteiger partial charge in [-0.25, -0.2) is 4.39 Å². The number of nitrogens with zero attached hydrogens (tertiary/aromatic N) is 3. The molecule has 136 valence electrons. The van der Waals surface area contributed by atoms with E-state index >= 15 is 0 Å². The quantitative estimate of drug-likeness (QED) is 0.439. The fraction of sp³-hybridized carbons (Fsp3) is 0.474. The van der Waals surface area contributed by atoms with Crippen LogP contribution in [0.25, 0.3) is 0 Å². The fourth-order valence-corrected chi connectivity index (χ4v) is 2.67. The molecule has 2 aromatic rings. The zero-order valence-electron chi connectivity index (χ0n) is 15.3. The number of aromatic nitrogens is 2. The fourth-order valence-electron chi connectivity index (χ4n) is 2.67. The van der Waals surface area contributed by atoms with Crippen molar-refractivity contribution >= 4 is 5.96 Å². The van der Waals surface area contributed by atoms with E-state index in [1.807, 2.05) is 24.6 Å². The first-order chi connectivity index (χ1) is 12.1. The third-order valence-corrected chi connectivity index (χ3v) is 3.84. The van der Waals surface area contributed by atoms with Crippen molar-refractivity contribution in [1.82, 2.24) is 20.4 Å². The Labute approximate surface area is 149 Å². The van der Waals surface area contributed by atoms with Crippen LogP contribution in [-0.4, -0.2) is 35.4 Å². The molecule has 0 unspecified atom stereocenters. The van der Waals surface area contributed by atoms with E-state index in [0.29, 0.717) is 6.54 Å². The summed E-state index contributed by atoms with van der Waals surface area (Å²) in [4.78, 5) is 4.59. The number of nitrogens with one attached hydrogen (secondary N) is 2. The lowest BCUT2D eigenvalue weighted by atomic mass is 10.1. The molecule has 2 rings (SSSR count). The summed E-state index contributed by atoms with van der Waals surface area (Å²) in [6.07, 6.45) is 1.69. The molecule has 0 atom stereocenters. The molecular formula is C19H28FN5. The number of hydrogen-bond donors (Lipinski definition) is 2. The Hall–Kier alpha value is -2.37. The lowest BCUT2D eigenvalue weighted by molar-refractivity contribution is 0.567. The van der Waals surface area contributed by atoms with Gasteiger partial charge in [-0.2, -0.15) is 5.10 Å². The van der Waals surface area contributed by atoms with Gasteiger partial charge in [0.1, 0.15) is 5.82 Å². The van der Waals surface area contributed by atoms with Crippen LogP contribution in [0.4, 0.5) is 4.39 Å². The second kappa shape index (κ2) is 9.81. The maximum Gasteiger partial charge on any atom is 0.191 e. The van der Waals surface area contributed by atoms with Crippen molar-refractivity contribution in [3.8, 4) is 0 Å². The minimum Gasteiger partial charge on any atom is -0.357 e. The summed E-state index contributed by atoms with van der Waals surface area (Å²) in [6.45, 7) is 9.24. The highest BCUT2D eigenvalue weighted by Gasteiger charge is 2.01. The Kier molecular flexibility index (Phi) is 7.44. The number of aliphatic imine (C=N–C) groups is 1. The monoisotopic (exact) mass is 345 g/mol. The average Bonchev–Trinajstić information content (AvgIpc) is 2.89. The summed E-state index contributed by atoms with van der Waals surface area (Å²) in [7, 11) is 0. The zero-order chi connectivity index (χ0) is 18.1. The molecule has 1 heterocycles. The minimum atomic E-state index is -0.192. The lowest BCUT2D eigenvalue weighted by Crippen LogP contribution is -2.38. The Morgan fingerprint density at radius 2 is 2.08 bits per heavy atom. The van der Waals surface area contributed by atoms with Crippen LogP contribution in [0.3, 0.4) is 0 Å². The van der Waals surface area contributed by atoms with Crippen molar-refractivity contribution in [1.29, 1.82) is 0 Å². The maximum atomic E-state index is 13.2. The standard InChI is InChI=1S/C19H28FN5/c1-4-21-19(23-11-9-17-7-5-8-18(20)14-17)22-10-6-12-25-16(3)13-15(2)24-25/h5,7-8,13-14H,4,6,9-12H2,1-3H3,(H2,21,22,23). The van der Waals surface area contributed by atoms with Crippen molar-refractivity contribution < 1.29 is 4.39 Å². The van der Waals surface area contributed by atoms with E-state index in [0.717, 1.165) is 49.7 Å². The number of halogens is 1. The molecular weight excluding hydrogens is 317 g/mol. The summed E-state index contributed by atoms with van der Waals surface area (Å²) in [6, 6.07) is 8.79. The van der Waals surface area contributed by atoms with Gasteiger partial charge >= 0.3 is 0 Å². The van der Waals surface area contributed by atoms with Crippen molar-refractivity contribution in [2.75, 3.05) is 19.6 Å². The predicted octanol–water partition coefficient (Wildman–Crippen LogP) is 2.83. The number of rotatable bonds is 8. The third-order valence-electron chi connectivity index (χ3n) is 3.84. The van der Waals surface area contributed by atoms with Crippen LogP contribution in [0, 0.1) is 19.7 Å². The molecule has 0 aliphatic rings. The molecule has 5 nitrogen and oxygen atoms in total. The highest BCUT2D eigenvalue weighted by Crippen LogP contribution is 2.04. The van der Waals surface area contributed by atoms with Gasteiger partial charge in [0.05, 0.1) is 5.69 Å². The van der Waals surface area contributed by atoms with Crippen molar-refractivity contribution in [3.05, 3.63) is 53.1 Å². The number of aryl methyl sites for hydroxylation is 3. The smallest absolute Gasteiger partial charge is 0.191 e. The third kappa shape index (κ3) is 6.57. The van der Waals surface area contributed by atoms with Crippen LogP contribution in [-0.2, 0) is 13.0 Å². The van der Waals surface area contributed by atoms with Gasteiger partial charge in [-0.1, -0.05) is 12.1 Å². The zero-order valence-corrected chi connectivity index (χ0v) is 15.3. The Morgan fingerprint density at radius 1 is 1.24 bits per heavy atom. The van der Waals surface area contributed by atoms with Crippen molar-refractivity contribution in [2.45, 2.75) is 40.2 Å². The van der Waals surface area contributed by atoms with Gasteiger partial charge in [0, 0.05) is 31.9 Å². The molecule has 0 aliphatic heterocycles. The molecule has 6 heteroatoms. The Bertz CT molecular complexity index is 693. The van der Waals surface area contributed by atoms with Gasteiger partial charge in [-0.3, -0.25) is 9.67 Å². The average molecular weight is 345 g/mol. The topological polar surface area (TPSA) is 54.2 Å². The molecule has 0 aliphatic carbocycles. The Balaban J connectivity index is 1.76. The second-order valence-electron chi connectivity index (χ2n) is 6.07. The predicted molar refractivity (Wildman–Crippen MR) is 100 cm³/mol. The van der Waals surface area contributed by atoms with E-state index in [9.17, 15) is 4.39 Å². The molecule has 0 saturated heterocycles. The first-order valence-electron chi connectivity index (χ1n) is 8.86. The Morgan fingerprint density at radius 3 is 2.76 bits per heavy atom. The summed E-state index contributed by atoms with van der Waals surface area (Å²) < 4.78 is 15.2. The van der Waals surface area contributed by atoms with Gasteiger partial charge in [-0.05, 0) is 57.4 Å². The molecule has 0 saturated carbocycles. The van der Waals surface area contributed by atoms with Gasteiger partial charge in [-0.15, -0.1) is 0 Å². The van der Waals surface area contributed by atoms with Crippen molar-refractivity contribution in [2.24, 2.45) is 4.99 Å². The van der Waals surface area contributed by atoms with E-state index in [1.54, 1.807) is 12.1 Å². The molecule has 1 aromatic heterocycles. The first-order valence-corrected chi connectivity index (χ1v) is 8.86. The first kappa shape index (κ1) is 19.0. The van der Waals surface area contributed by atoms with Crippen LogP contribution in [0.5, 0.6) is 0 Å². The van der Waals surface area contributed by atoms with Gasteiger partial charge in [0.25, 0.3) is 0 Å². The summed E-state index contributed by atoms with van der Waals surface area (Å²) in [5.74, 6) is 0.606. The van der Waals surface area contributed by atoms with Crippen molar-refractivity contribution in [3.63, 3.8) is 0 Å². The summed E-state index contributed by atoms with van der Waals surface area (Å²) >= 11 is 0. The van der Waals surface area contributed by atoms with Gasteiger partial charge in [0.2, 0.25) is 0 Å². The molecule has 0 spiro atoms. The molecule has 25 heavy (non-hydrogen) atoms. The van der Waals surface area contributed by atoms with Crippen LogP contribution >= 0.6 is 0 Å². The van der Waals surface area contributed by atoms with E-state index in [-0.39, 0.29) is 5.82 Å². The number of guanidine groups is 1. The van der Waals surface area contributed by atoms with Crippen LogP contribution in [0.1, 0.15) is 30.3 Å². The highest BCUT2D eigenvalue weighted by molar-refractivity contribution is 5.79. The molecule has 0 radical (unpaired) electrons. The maximum absolute atomic E-state index is 13.2. The van der Waals surface area contributed by atoms with Crippen LogP contribution < -0.4 is 10.6 Å². The molecule has 0 bridgehead atoms. The normalized spacial score (nSPS) is 11.6. The lowest BCUT2D eigenvalue weighted by Gasteiger charge is -2.11. The van der Waals surface area contributed by atoms with Crippen LogP contribution in [0.2, 0.25) is 0 Å². The highest BCUT2D eigenvalue weighted by atomic mass is 19.1. The molecule has 0 fully saturated rings. The van der Waals surface area contributed by atoms with E-state index in [2.05, 4.69) is 33.7 Å². The minimum absolute atomic E-state index is 0.192. The largest absolute Gasteiger partial charge is 0.357 e. The second-order valence-corrected chi connectivity index (χ2v) is 6.07.